The van der Waals surface area contributed by atoms with Crippen molar-refractivity contribution in [1.29, 1.82) is 0 Å². The first-order chi connectivity index (χ1) is 4.31. The summed E-state index contributed by atoms with van der Waals surface area (Å²) in [7, 11) is 1.57. The molecule has 1 amide bonds. The molecule has 0 atom stereocenters. The van der Waals surface area contributed by atoms with Gasteiger partial charge in [-0.05, 0) is 12.3 Å². The molecular formula is C7H11NO. The SMILES string of the molecule is CCCC#CC(=O)NC. The van der Waals surface area contributed by atoms with Crippen LogP contribution in [0.25, 0.3) is 0 Å². The Kier molecular flexibility index (Phi) is 4.61. The molecule has 2 heteroatoms. The van der Waals surface area contributed by atoms with Crippen molar-refractivity contribution in [3.05, 3.63) is 0 Å². The molecule has 0 rings (SSSR count). The fraction of sp³-hybridized carbons (Fsp3) is 0.571. The van der Waals surface area contributed by atoms with Gasteiger partial charge in [-0.15, -0.1) is 0 Å². The van der Waals surface area contributed by atoms with Crippen molar-refractivity contribution in [2.75, 3.05) is 7.05 Å². The van der Waals surface area contributed by atoms with Crippen molar-refractivity contribution in [3.8, 4) is 11.8 Å². The lowest BCUT2D eigenvalue weighted by molar-refractivity contribution is -0.115. The molecule has 0 saturated carbocycles. The van der Waals surface area contributed by atoms with E-state index in [1.54, 1.807) is 7.05 Å². The molecule has 0 fully saturated rings. The molecule has 9 heavy (non-hydrogen) atoms. The van der Waals surface area contributed by atoms with Crippen LogP contribution in [0.3, 0.4) is 0 Å². The highest BCUT2D eigenvalue weighted by molar-refractivity contribution is 5.93. The molecule has 0 heterocycles. The van der Waals surface area contributed by atoms with Crippen molar-refractivity contribution in [2.24, 2.45) is 0 Å². The lowest BCUT2D eigenvalue weighted by Gasteiger charge is -1.82. The van der Waals surface area contributed by atoms with E-state index in [1.165, 1.54) is 0 Å². The summed E-state index contributed by atoms with van der Waals surface area (Å²) in [4.78, 5) is 10.4. The molecular weight excluding hydrogens is 114 g/mol. The predicted molar refractivity (Wildman–Crippen MR) is 36.8 cm³/mol. The largest absolute Gasteiger partial charge is 0.348 e. The van der Waals surface area contributed by atoms with Gasteiger partial charge in [-0.25, -0.2) is 0 Å². The molecule has 0 aromatic rings. The van der Waals surface area contributed by atoms with Gasteiger partial charge in [-0.3, -0.25) is 4.79 Å². The van der Waals surface area contributed by atoms with Crippen LogP contribution in [0.15, 0.2) is 0 Å². The van der Waals surface area contributed by atoms with Crippen molar-refractivity contribution in [1.82, 2.24) is 5.32 Å². The van der Waals surface area contributed by atoms with Gasteiger partial charge in [0.15, 0.2) is 0 Å². The molecule has 0 aliphatic carbocycles. The van der Waals surface area contributed by atoms with E-state index in [4.69, 9.17) is 0 Å². The van der Waals surface area contributed by atoms with Crippen LogP contribution >= 0.6 is 0 Å². The van der Waals surface area contributed by atoms with E-state index in [0.29, 0.717) is 0 Å². The molecule has 0 aliphatic rings. The number of nitrogens with one attached hydrogen (secondary N) is 1. The van der Waals surface area contributed by atoms with Gasteiger partial charge in [0.1, 0.15) is 0 Å². The second-order valence-corrected chi connectivity index (χ2v) is 1.63. The Labute approximate surface area is 55.6 Å². The van der Waals surface area contributed by atoms with Crippen LogP contribution in [-0.2, 0) is 4.79 Å². The van der Waals surface area contributed by atoms with Gasteiger partial charge >= 0.3 is 0 Å². The van der Waals surface area contributed by atoms with Crippen molar-refractivity contribution in [2.45, 2.75) is 19.8 Å². The smallest absolute Gasteiger partial charge is 0.295 e. The van der Waals surface area contributed by atoms with Gasteiger partial charge in [0.2, 0.25) is 0 Å². The standard InChI is InChI=1S/C7H11NO/c1-3-4-5-6-7(9)8-2/h3-4H2,1-2H3,(H,8,9). The summed E-state index contributed by atoms with van der Waals surface area (Å²) >= 11 is 0. The Bertz CT molecular complexity index is 141. The zero-order chi connectivity index (χ0) is 7.11. The van der Waals surface area contributed by atoms with Crippen LogP contribution < -0.4 is 5.32 Å². The monoisotopic (exact) mass is 125 g/mol. The van der Waals surface area contributed by atoms with E-state index >= 15 is 0 Å². The van der Waals surface area contributed by atoms with Crippen LogP contribution in [0.1, 0.15) is 19.8 Å². The van der Waals surface area contributed by atoms with Crippen LogP contribution in [0, 0.1) is 11.8 Å². The number of amides is 1. The Morgan fingerprint density at radius 1 is 1.67 bits per heavy atom. The Morgan fingerprint density at radius 2 is 2.33 bits per heavy atom. The molecule has 2 nitrogen and oxygen atoms in total. The third-order valence-corrected chi connectivity index (χ3v) is 0.804. The van der Waals surface area contributed by atoms with Gasteiger partial charge in [0.25, 0.3) is 5.91 Å². The zero-order valence-electron chi connectivity index (χ0n) is 5.82. The number of hydrogen-bond donors (Lipinski definition) is 1. The summed E-state index contributed by atoms with van der Waals surface area (Å²) in [5.74, 6) is 4.95. The molecule has 0 aliphatic heterocycles. The molecule has 1 N–H and O–H groups in total. The summed E-state index contributed by atoms with van der Waals surface area (Å²) in [6, 6.07) is 0. The topological polar surface area (TPSA) is 29.1 Å². The second kappa shape index (κ2) is 5.17. The van der Waals surface area contributed by atoms with E-state index in [0.717, 1.165) is 12.8 Å². The quantitative estimate of drug-likeness (QED) is 0.509. The van der Waals surface area contributed by atoms with E-state index in [9.17, 15) is 4.79 Å². The van der Waals surface area contributed by atoms with Crippen LogP contribution in [0.4, 0.5) is 0 Å². The fourth-order valence-corrected chi connectivity index (χ4v) is 0.330. The van der Waals surface area contributed by atoms with E-state index in [-0.39, 0.29) is 5.91 Å². The minimum atomic E-state index is -0.205. The van der Waals surface area contributed by atoms with Gasteiger partial charge in [0.05, 0.1) is 0 Å². The highest BCUT2D eigenvalue weighted by Gasteiger charge is 1.83. The molecule has 0 saturated heterocycles. The third kappa shape index (κ3) is 4.89. The minimum Gasteiger partial charge on any atom is -0.348 e. The highest BCUT2D eigenvalue weighted by atomic mass is 16.1. The number of rotatable bonds is 1. The predicted octanol–water partition coefficient (Wildman–Crippen LogP) is 0.536. The number of carbonyl (C=O) groups is 1. The molecule has 50 valence electrons. The summed E-state index contributed by atoms with van der Waals surface area (Å²) in [5, 5.41) is 2.41. The summed E-state index contributed by atoms with van der Waals surface area (Å²) in [6.45, 7) is 2.03. The average molecular weight is 125 g/mol. The maximum Gasteiger partial charge on any atom is 0.295 e. The average Bonchev–Trinajstić information content (AvgIpc) is 1.89. The highest BCUT2D eigenvalue weighted by Crippen LogP contribution is 1.79. The van der Waals surface area contributed by atoms with Crippen LogP contribution in [0.5, 0.6) is 0 Å². The fourth-order valence-electron chi connectivity index (χ4n) is 0.330. The zero-order valence-corrected chi connectivity index (χ0v) is 5.82. The molecule has 0 unspecified atom stereocenters. The van der Waals surface area contributed by atoms with Crippen molar-refractivity contribution < 1.29 is 4.79 Å². The first kappa shape index (κ1) is 8.03. The third-order valence-electron chi connectivity index (χ3n) is 0.804. The van der Waals surface area contributed by atoms with Gasteiger partial charge in [-0.2, -0.15) is 0 Å². The number of unbranched alkanes of at least 4 members (excludes halogenated alkanes) is 1. The van der Waals surface area contributed by atoms with E-state index in [2.05, 4.69) is 17.2 Å². The van der Waals surface area contributed by atoms with Gasteiger partial charge in [0, 0.05) is 13.5 Å². The van der Waals surface area contributed by atoms with Gasteiger partial charge < -0.3 is 5.32 Å². The molecule has 0 aromatic carbocycles. The van der Waals surface area contributed by atoms with Crippen LogP contribution in [0.2, 0.25) is 0 Å². The molecule has 0 bridgehead atoms. The summed E-state index contributed by atoms with van der Waals surface area (Å²) in [6.07, 6.45) is 1.80. The van der Waals surface area contributed by atoms with Crippen LogP contribution in [-0.4, -0.2) is 13.0 Å². The minimum absolute atomic E-state index is 0.205. The molecule has 0 aromatic heterocycles. The molecule has 0 radical (unpaired) electrons. The van der Waals surface area contributed by atoms with Gasteiger partial charge in [-0.1, -0.05) is 12.8 Å². The van der Waals surface area contributed by atoms with Crippen molar-refractivity contribution in [3.63, 3.8) is 0 Å². The maximum atomic E-state index is 10.4. The van der Waals surface area contributed by atoms with Crippen molar-refractivity contribution >= 4 is 5.91 Å². The number of hydrogen-bond acceptors (Lipinski definition) is 1. The Morgan fingerprint density at radius 3 is 2.78 bits per heavy atom. The van der Waals surface area contributed by atoms with E-state index in [1.807, 2.05) is 6.92 Å². The first-order valence-electron chi connectivity index (χ1n) is 3.01. The lowest BCUT2D eigenvalue weighted by Crippen LogP contribution is -2.14. The number of carbonyl (C=O) groups excluding carboxylic acids is 1. The maximum absolute atomic E-state index is 10.4. The summed E-state index contributed by atoms with van der Waals surface area (Å²) < 4.78 is 0. The summed E-state index contributed by atoms with van der Waals surface area (Å²) in [5.41, 5.74) is 0. The Hall–Kier alpha value is -0.970. The first-order valence-corrected chi connectivity index (χ1v) is 3.01. The normalized spacial score (nSPS) is 7.33. The molecule has 0 spiro atoms. The second-order valence-electron chi connectivity index (χ2n) is 1.63. The lowest BCUT2D eigenvalue weighted by atomic mass is 10.3. The Balaban J connectivity index is 3.46. The van der Waals surface area contributed by atoms with E-state index < -0.39 is 0 Å².